The lowest BCUT2D eigenvalue weighted by Crippen LogP contribution is -2.39. The first-order valence-electron chi connectivity index (χ1n) is 13.0. The van der Waals surface area contributed by atoms with E-state index in [2.05, 4.69) is 5.43 Å². The van der Waals surface area contributed by atoms with E-state index in [1.807, 2.05) is 36.4 Å². The smallest absolute Gasteiger partial charge is 0.437 e. The van der Waals surface area contributed by atoms with E-state index < -0.39 is 35.2 Å². The minimum absolute atomic E-state index is 0.227. The Morgan fingerprint density at radius 3 is 1.82 bits per heavy atom. The fourth-order valence-corrected chi connectivity index (χ4v) is 4.58. The number of hydrazine groups is 1. The van der Waals surface area contributed by atoms with Crippen LogP contribution in [0.15, 0.2) is 119 Å². The summed E-state index contributed by atoms with van der Waals surface area (Å²) in [5, 5.41) is 0.246. The van der Waals surface area contributed by atoms with Crippen molar-refractivity contribution in [3.05, 3.63) is 131 Å². The van der Waals surface area contributed by atoms with Crippen molar-refractivity contribution in [2.24, 2.45) is 0 Å². The number of carbonyl (C=O) groups excluding carboxylic acids is 4. The van der Waals surface area contributed by atoms with Crippen LogP contribution < -0.4 is 15.1 Å². The molecule has 12 heteroatoms. The maximum Gasteiger partial charge on any atom is 0.437 e. The molecule has 1 N–H and O–H groups in total. The van der Waals surface area contributed by atoms with Crippen LogP contribution in [-0.4, -0.2) is 28.8 Å². The second-order valence-corrected chi connectivity index (χ2v) is 10.3. The number of nitrogens with one attached hydrogen (secondary N) is 1. The number of nitrogens with zero attached hydrogens (tertiary/aromatic N) is 2. The van der Waals surface area contributed by atoms with Gasteiger partial charge in [-0.1, -0.05) is 71.7 Å². The summed E-state index contributed by atoms with van der Waals surface area (Å²) in [5.74, 6) is -1.03. The van der Waals surface area contributed by atoms with Gasteiger partial charge in [-0.15, -0.1) is 5.01 Å². The first-order valence-corrected chi connectivity index (χ1v) is 13.8. The zero-order valence-electron chi connectivity index (χ0n) is 22.9. The van der Waals surface area contributed by atoms with E-state index in [4.69, 9.17) is 32.7 Å². The summed E-state index contributed by atoms with van der Waals surface area (Å²) in [6.45, 7) is 1.58. The number of carbonyl (C=O) groups is 4. The molecule has 0 aromatic heterocycles. The van der Waals surface area contributed by atoms with Gasteiger partial charge in [-0.2, -0.15) is 0 Å². The minimum Gasteiger partial charge on any atom is -0.457 e. The van der Waals surface area contributed by atoms with Crippen molar-refractivity contribution in [2.75, 3.05) is 10.3 Å². The molecule has 4 amide bonds. The first-order chi connectivity index (χ1) is 21.1. The van der Waals surface area contributed by atoms with Crippen molar-refractivity contribution in [3.63, 3.8) is 0 Å². The fourth-order valence-electron chi connectivity index (χ4n) is 4.25. The van der Waals surface area contributed by atoms with Crippen LogP contribution in [0.5, 0.6) is 11.5 Å². The lowest BCUT2D eigenvalue weighted by Gasteiger charge is -2.21. The topological polar surface area (TPSA) is 105 Å². The fraction of sp³-hybridized carbons (Fsp3) is 0.0625. The van der Waals surface area contributed by atoms with E-state index in [-0.39, 0.29) is 15.8 Å². The number of anilines is 2. The van der Waals surface area contributed by atoms with Crippen LogP contribution in [0.2, 0.25) is 0 Å². The third-order valence-corrected chi connectivity index (χ3v) is 7.34. The summed E-state index contributed by atoms with van der Waals surface area (Å²) >= 11 is 11.1. The largest absolute Gasteiger partial charge is 0.457 e. The Morgan fingerprint density at radius 2 is 1.25 bits per heavy atom. The maximum atomic E-state index is 12.9. The Labute approximate surface area is 261 Å². The Bertz CT molecular complexity index is 1730. The molecule has 1 fully saturated rings. The summed E-state index contributed by atoms with van der Waals surface area (Å²) in [6.07, 6.45) is -0.749. The van der Waals surface area contributed by atoms with Gasteiger partial charge in [0, 0.05) is 5.56 Å². The molecule has 0 saturated carbocycles. The zero-order valence-corrected chi connectivity index (χ0v) is 24.4. The van der Waals surface area contributed by atoms with Crippen LogP contribution in [0.25, 0.3) is 0 Å². The van der Waals surface area contributed by atoms with Crippen LogP contribution in [0.3, 0.4) is 0 Å². The Kier molecular flexibility index (Phi) is 8.66. The van der Waals surface area contributed by atoms with Gasteiger partial charge in [0.15, 0.2) is 0 Å². The number of hydrogen-bond acceptors (Lipinski definition) is 7. The molecule has 2 heterocycles. The van der Waals surface area contributed by atoms with E-state index in [0.29, 0.717) is 22.7 Å². The summed E-state index contributed by atoms with van der Waals surface area (Å²) in [6, 6.07) is 30.1. The quantitative estimate of drug-likeness (QED) is 0.226. The molecule has 0 spiro atoms. The minimum atomic E-state index is -1.41. The van der Waals surface area contributed by atoms with Gasteiger partial charge in [-0.05, 0) is 67.6 Å². The van der Waals surface area contributed by atoms with E-state index in [1.165, 1.54) is 12.1 Å². The van der Waals surface area contributed by atoms with Gasteiger partial charge in [0.1, 0.15) is 27.4 Å². The molecule has 222 valence electrons. The number of ether oxygens (including phenoxy) is 2. The molecule has 0 radical (unpaired) electrons. The highest BCUT2D eigenvalue weighted by Crippen LogP contribution is 2.36. The Morgan fingerprint density at radius 1 is 0.727 bits per heavy atom. The highest BCUT2D eigenvalue weighted by molar-refractivity contribution is 6.62. The van der Waals surface area contributed by atoms with Gasteiger partial charge in [0.05, 0.1) is 11.4 Å². The molecular formula is C32H22Cl2FN3O6. The SMILES string of the molecule is CC1(c2ccc(Oc3ccccc3)cc2)OC(=O)N(Nc2ccccc2)C1=O.O=C1C(Cl)=C(Cl)C(=O)N1c1ccc(F)cc1. The molecule has 44 heavy (non-hydrogen) atoms. The second-order valence-electron chi connectivity index (χ2n) is 9.51. The average molecular weight is 634 g/mol. The molecule has 0 bridgehead atoms. The second kappa shape index (κ2) is 12.6. The van der Waals surface area contributed by atoms with Crippen molar-refractivity contribution in [1.82, 2.24) is 5.01 Å². The summed E-state index contributed by atoms with van der Waals surface area (Å²) in [7, 11) is 0. The Hall–Kier alpha value is -5.19. The van der Waals surface area contributed by atoms with Crippen molar-refractivity contribution in [2.45, 2.75) is 12.5 Å². The molecule has 6 rings (SSSR count). The molecule has 1 saturated heterocycles. The molecule has 9 nitrogen and oxygen atoms in total. The summed E-state index contributed by atoms with van der Waals surface area (Å²) in [5.41, 5.74) is 2.78. The van der Waals surface area contributed by atoms with E-state index in [0.717, 1.165) is 22.0 Å². The molecule has 0 aliphatic carbocycles. The highest BCUT2D eigenvalue weighted by Gasteiger charge is 2.52. The third kappa shape index (κ3) is 6.12. The average Bonchev–Trinajstić information content (AvgIpc) is 3.37. The van der Waals surface area contributed by atoms with Crippen LogP contribution >= 0.6 is 23.2 Å². The van der Waals surface area contributed by atoms with Crippen LogP contribution in [0, 0.1) is 5.82 Å². The van der Waals surface area contributed by atoms with Gasteiger partial charge in [-0.3, -0.25) is 19.8 Å². The molecule has 2 aliphatic heterocycles. The summed E-state index contributed by atoms with van der Waals surface area (Å²) < 4.78 is 23.9. The molecule has 1 atom stereocenters. The predicted molar refractivity (Wildman–Crippen MR) is 161 cm³/mol. The molecule has 1 unspecified atom stereocenters. The van der Waals surface area contributed by atoms with E-state index in [9.17, 15) is 23.6 Å². The van der Waals surface area contributed by atoms with Crippen LogP contribution in [0.4, 0.5) is 20.6 Å². The van der Waals surface area contributed by atoms with Crippen LogP contribution in [-0.2, 0) is 24.7 Å². The van der Waals surface area contributed by atoms with Gasteiger partial charge >= 0.3 is 6.09 Å². The van der Waals surface area contributed by atoms with E-state index in [1.54, 1.807) is 55.5 Å². The van der Waals surface area contributed by atoms with Gasteiger partial charge in [0.2, 0.25) is 5.60 Å². The Balaban J connectivity index is 0.000000204. The number of halogens is 3. The molecule has 4 aromatic rings. The number of amides is 4. The normalized spacial score (nSPS) is 17.8. The van der Waals surface area contributed by atoms with Gasteiger partial charge in [0.25, 0.3) is 17.7 Å². The lowest BCUT2D eigenvalue weighted by molar-refractivity contribution is -0.135. The summed E-state index contributed by atoms with van der Waals surface area (Å²) in [4.78, 5) is 49.1. The standard InChI is InChI=1S/C22H18N2O4.C10H4Cl2FNO2/c1-22(16-12-14-19(15-13-16)27-18-10-6-3-7-11-18)20(25)24(21(26)28-22)23-17-8-4-2-5-9-17;11-7-8(12)10(16)14(9(7)15)6-3-1-5(13)2-4-6/h2-15,23H,1H3;1-4H. The monoisotopic (exact) mass is 633 g/mol. The van der Waals surface area contributed by atoms with Crippen molar-refractivity contribution >= 4 is 58.4 Å². The maximum absolute atomic E-state index is 12.9. The third-order valence-electron chi connectivity index (χ3n) is 6.54. The van der Waals surface area contributed by atoms with Crippen molar-refractivity contribution in [3.8, 4) is 11.5 Å². The van der Waals surface area contributed by atoms with Crippen molar-refractivity contribution < 1.29 is 33.0 Å². The van der Waals surface area contributed by atoms with Gasteiger partial charge < -0.3 is 9.47 Å². The van der Waals surface area contributed by atoms with E-state index >= 15 is 0 Å². The van der Waals surface area contributed by atoms with Gasteiger partial charge in [-0.25, -0.2) is 14.1 Å². The van der Waals surface area contributed by atoms with Crippen LogP contribution in [0.1, 0.15) is 12.5 Å². The first kappa shape index (κ1) is 30.3. The number of cyclic esters (lactones) is 1. The number of para-hydroxylation sites is 2. The van der Waals surface area contributed by atoms with Crippen molar-refractivity contribution in [1.29, 1.82) is 0 Å². The highest BCUT2D eigenvalue weighted by atomic mass is 35.5. The zero-order chi connectivity index (χ0) is 31.4. The molecule has 4 aromatic carbocycles. The number of rotatable bonds is 6. The number of imide groups is 2. The number of hydrogen-bond donors (Lipinski definition) is 1. The lowest BCUT2D eigenvalue weighted by atomic mass is 9.95. The predicted octanol–water partition coefficient (Wildman–Crippen LogP) is 7.09. The number of benzene rings is 4. The molecule has 2 aliphatic rings. The molecular weight excluding hydrogens is 612 g/mol.